The van der Waals surface area contributed by atoms with Gasteiger partial charge in [0.05, 0.1) is 11.1 Å². The van der Waals surface area contributed by atoms with Gasteiger partial charge >= 0.3 is 6.09 Å². The van der Waals surface area contributed by atoms with Gasteiger partial charge in [-0.1, -0.05) is 49.7 Å². The van der Waals surface area contributed by atoms with Crippen LogP contribution in [-0.4, -0.2) is 12.2 Å². The number of amides is 1. The molecule has 0 radical (unpaired) electrons. The zero-order valence-corrected chi connectivity index (χ0v) is 17.7. The second-order valence-electron chi connectivity index (χ2n) is 7.79. The van der Waals surface area contributed by atoms with Crippen LogP contribution >= 0.6 is 11.6 Å². The molecule has 150 valence electrons. The van der Waals surface area contributed by atoms with Crippen LogP contribution < -0.4 is 10.5 Å². The lowest BCUT2D eigenvalue weighted by molar-refractivity contribution is 0.0140. The van der Waals surface area contributed by atoms with Gasteiger partial charge in [0.1, 0.15) is 11.9 Å². The minimum absolute atomic E-state index is 0.0711. The van der Waals surface area contributed by atoms with Gasteiger partial charge in [-0.05, 0) is 67.5 Å². The van der Waals surface area contributed by atoms with Crippen LogP contribution in [0.5, 0.6) is 5.75 Å². The van der Waals surface area contributed by atoms with Crippen LogP contribution in [-0.2, 0) is 11.2 Å². The van der Waals surface area contributed by atoms with Crippen molar-refractivity contribution in [3.63, 3.8) is 0 Å². The number of nitrogens with two attached hydrogens (primary N) is 1. The highest BCUT2D eigenvalue weighted by atomic mass is 35.5. The summed E-state index contributed by atoms with van der Waals surface area (Å²) in [6.45, 7) is 8.23. The Kier molecular flexibility index (Phi) is 5.90. The quantitative estimate of drug-likeness (QED) is 0.618. The second kappa shape index (κ2) is 8.04. The number of benzene rings is 2. The molecule has 0 saturated heterocycles. The summed E-state index contributed by atoms with van der Waals surface area (Å²) in [4.78, 5) is 11.5. The summed E-state index contributed by atoms with van der Waals surface area (Å²) in [5.41, 5.74) is 9.61. The molecule has 4 nitrogen and oxygen atoms in total. The van der Waals surface area contributed by atoms with Gasteiger partial charge in [-0.15, -0.1) is 0 Å². The maximum absolute atomic E-state index is 11.5. The molecule has 28 heavy (non-hydrogen) atoms. The molecule has 5 heteroatoms. The lowest BCUT2D eigenvalue weighted by Crippen LogP contribution is -2.30. The third kappa shape index (κ3) is 3.83. The van der Waals surface area contributed by atoms with E-state index in [1.54, 1.807) is 0 Å². The predicted molar refractivity (Wildman–Crippen MR) is 113 cm³/mol. The van der Waals surface area contributed by atoms with Gasteiger partial charge in [-0.3, -0.25) is 0 Å². The zero-order chi connectivity index (χ0) is 20.5. The molecule has 0 saturated carbocycles. The van der Waals surface area contributed by atoms with Crippen LogP contribution in [0, 0.1) is 5.41 Å². The molecule has 0 aliphatic heterocycles. The predicted octanol–water partition coefficient (Wildman–Crippen LogP) is 6.29. The Morgan fingerprint density at radius 1 is 1.18 bits per heavy atom. The fourth-order valence-corrected chi connectivity index (χ4v) is 4.43. The molecule has 0 fully saturated rings. The SMILES string of the molecule is CCC1(CC)Cc2cc(-c3ccc(OC(C)C)c(Cl)c3)ccc2C1OC(N)=O. The molecule has 2 N–H and O–H groups in total. The number of fused-ring (bicyclic) bond motifs is 1. The Bertz CT molecular complexity index is 874. The first-order valence-electron chi connectivity index (χ1n) is 9.85. The molecular formula is C23H28ClNO3. The highest BCUT2D eigenvalue weighted by Crippen LogP contribution is 2.52. The molecule has 1 amide bonds. The van der Waals surface area contributed by atoms with E-state index in [2.05, 4.69) is 26.0 Å². The summed E-state index contributed by atoms with van der Waals surface area (Å²) < 4.78 is 11.3. The molecule has 1 atom stereocenters. The van der Waals surface area contributed by atoms with Crippen LogP contribution in [0.3, 0.4) is 0 Å². The van der Waals surface area contributed by atoms with Crippen LogP contribution in [0.15, 0.2) is 36.4 Å². The first-order valence-corrected chi connectivity index (χ1v) is 10.2. The fourth-order valence-electron chi connectivity index (χ4n) is 4.20. The average molecular weight is 402 g/mol. The van der Waals surface area contributed by atoms with E-state index in [0.717, 1.165) is 36.0 Å². The van der Waals surface area contributed by atoms with Crippen LogP contribution in [0.25, 0.3) is 11.1 Å². The Balaban J connectivity index is 1.97. The van der Waals surface area contributed by atoms with Crippen molar-refractivity contribution >= 4 is 17.7 Å². The number of primary amides is 1. The molecule has 2 aromatic carbocycles. The Morgan fingerprint density at radius 3 is 2.39 bits per heavy atom. The molecule has 2 aromatic rings. The summed E-state index contributed by atoms with van der Waals surface area (Å²) in [6.07, 6.45) is 1.75. The Morgan fingerprint density at radius 2 is 1.82 bits per heavy atom. The summed E-state index contributed by atoms with van der Waals surface area (Å²) in [6, 6.07) is 12.1. The van der Waals surface area contributed by atoms with Crippen LogP contribution in [0.4, 0.5) is 4.79 Å². The zero-order valence-electron chi connectivity index (χ0n) is 16.9. The fraction of sp³-hybridized carbons (Fsp3) is 0.435. The van der Waals surface area contributed by atoms with Crippen molar-refractivity contribution in [2.75, 3.05) is 0 Å². The molecule has 3 rings (SSSR count). The molecule has 0 aromatic heterocycles. The van der Waals surface area contributed by atoms with Crippen LogP contribution in [0.1, 0.15) is 57.8 Å². The third-order valence-corrected chi connectivity index (χ3v) is 6.09. The minimum Gasteiger partial charge on any atom is -0.489 e. The number of halogens is 1. The van der Waals surface area contributed by atoms with E-state index in [4.69, 9.17) is 26.8 Å². The second-order valence-corrected chi connectivity index (χ2v) is 8.20. The van der Waals surface area contributed by atoms with Crippen molar-refractivity contribution in [3.05, 3.63) is 52.5 Å². The van der Waals surface area contributed by atoms with Crippen molar-refractivity contribution in [2.24, 2.45) is 11.1 Å². The van der Waals surface area contributed by atoms with Gasteiger partial charge in [-0.2, -0.15) is 0 Å². The summed E-state index contributed by atoms with van der Waals surface area (Å²) in [7, 11) is 0. The lowest BCUT2D eigenvalue weighted by atomic mass is 9.77. The summed E-state index contributed by atoms with van der Waals surface area (Å²) in [5.74, 6) is 0.687. The normalized spacial score (nSPS) is 17.4. The Hall–Kier alpha value is -2.20. The van der Waals surface area contributed by atoms with Gasteiger partial charge in [0, 0.05) is 5.41 Å². The highest BCUT2D eigenvalue weighted by molar-refractivity contribution is 6.32. The van der Waals surface area contributed by atoms with Gasteiger partial charge in [-0.25, -0.2) is 4.79 Å². The molecule has 0 spiro atoms. The van der Waals surface area contributed by atoms with E-state index >= 15 is 0 Å². The van der Waals surface area contributed by atoms with Gasteiger partial charge < -0.3 is 15.2 Å². The van der Waals surface area contributed by atoms with E-state index in [1.807, 2.05) is 38.1 Å². The average Bonchev–Trinajstić information content (AvgIpc) is 2.96. The maximum atomic E-state index is 11.5. The number of carbonyl (C=O) groups is 1. The van der Waals surface area contributed by atoms with E-state index in [9.17, 15) is 4.79 Å². The van der Waals surface area contributed by atoms with Crippen LogP contribution in [0.2, 0.25) is 5.02 Å². The Labute approximate surface area is 172 Å². The smallest absolute Gasteiger partial charge is 0.405 e. The van der Waals surface area contributed by atoms with E-state index in [0.29, 0.717) is 10.8 Å². The van der Waals surface area contributed by atoms with Gasteiger partial charge in [0.25, 0.3) is 0 Å². The van der Waals surface area contributed by atoms with Crippen molar-refractivity contribution in [3.8, 4) is 16.9 Å². The van der Waals surface area contributed by atoms with Crippen molar-refractivity contribution in [2.45, 2.75) is 59.2 Å². The molecule has 1 aliphatic rings. The van der Waals surface area contributed by atoms with Crippen molar-refractivity contribution < 1.29 is 14.3 Å². The first-order chi connectivity index (χ1) is 13.3. The third-order valence-electron chi connectivity index (χ3n) is 5.79. The molecule has 0 bridgehead atoms. The molecule has 1 unspecified atom stereocenters. The standard InChI is InChI=1S/C23H28ClNO3/c1-5-23(6-2)13-17-11-15(7-9-18(17)21(23)28-22(25)26)16-8-10-20(19(24)12-16)27-14(3)4/h7-12,14,21H,5-6,13H2,1-4H3,(H2,25,26). The number of carbonyl (C=O) groups excluding carboxylic acids is 1. The first kappa shape index (κ1) is 20.5. The number of rotatable bonds is 6. The largest absolute Gasteiger partial charge is 0.489 e. The van der Waals surface area contributed by atoms with Crippen molar-refractivity contribution in [1.29, 1.82) is 0 Å². The maximum Gasteiger partial charge on any atom is 0.405 e. The lowest BCUT2D eigenvalue weighted by Gasteiger charge is -2.32. The minimum atomic E-state index is -0.722. The van der Waals surface area contributed by atoms with E-state index in [1.165, 1.54) is 5.56 Å². The summed E-state index contributed by atoms with van der Waals surface area (Å²) in [5, 5.41) is 0.595. The monoisotopic (exact) mass is 401 g/mol. The van der Waals surface area contributed by atoms with E-state index < -0.39 is 6.09 Å². The molecular weight excluding hydrogens is 374 g/mol. The number of hydrogen-bond acceptors (Lipinski definition) is 3. The number of hydrogen-bond donors (Lipinski definition) is 1. The van der Waals surface area contributed by atoms with Gasteiger partial charge in [0.15, 0.2) is 0 Å². The molecule has 0 heterocycles. The van der Waals surface area contributed by atoms with Gasteiger partial charge in [0.2, 0.25) is 0 Å². The molecule has 1 aliphatic carbocycles. The number of ether oxygens (including phenoxy) is 2. The topological polar surface area (TPSA) is 61.6 Å². The van der Waals surface area contributed by atoms with E-state index in [-0.39, 0.29) is 17.6 Å². The highest BCUT2D eigenvalue weighted by Gasteiger charge is 2.46. The van der Waals surface area contributed by atoms with Crippen molar-refractivity contribution in [1.82, 2.24) is 0 Å². The summed E-state index contributed by atoms with van der Waals surface area (Å²) >= 11 is 6.41.